The van der Waals surface area contributed by atoms with Gasteiger partial charge in [0.25, 0.3) is 0 Å². The predicted molar refractivity (Wildman–Crippen MR) is 86.6 cm³/mol. The average molecular weight is 327 g/mol. The molecule has 0 aliphatic heterocycles. The zero-order valence-electron chi connectivity index (χ0n) is 12.8. The minimum absolute atomic E-state index is 0.534. The third-order valence-electron chi connectivity index (χ3n) is 3.69. The summed E-state index contributed by atoms with van der Waals surface area (Å²) in [7, 11) is 0. The first-order chi connectivity index (χ1) is 11.3. The van der Waals surface area contributed by atoms with Gasteiger partial charge >= 0.3 is 0 Å². The van der Waals surface area contributed by atoms with Gasteiger partial charge in [-0.1, -0.05) is 36.9 Å². The highest BCUT2D eigenvalue weighted by Crippen LogP contribution is 2.40. The van der Waals surface area contributed by atoms with Gasteiger partial charge in [0.15, 0.2) is 0 Å². The maximum atomic E-state index is 5.53. The summed E-state index contributed by atoms with van der Waals surface area (Å²) < 4.78 is 7.49. The van der Waals surface area contributed by atoms with Crippen LogP contribution in [0.4, 0.5) is 0 Å². The Bertz CT molecular complexity index is 794. The molecule has 1 aliphatic rings. The highest BCUT2D eigenvalue weighted by molar-refractivity contribution is 7.98. The Morgan fingerprint density at radius 2 is 1.96 bits per heavy atom. The fourth-order valence-corrected chi connectivity index (χ4v) is 3.01. The van der Waals surface area contributed by atoms with E-state index in [0.717, 1.165) is 23.1 Å². The number of nitrogens with zero attached hydrogens (tertiary/aromatic N) is 5. The molecule has 0 spiro atoms. The van der Waals surface area contributed by atoms with E-state index in [-0.39, 0.29) is 0 Å². The molecule has 7 heteroatoms. The van der Waals surface area contributed by atoms with Crippen molar-refractivity contribution in [3.05, 3.63) is 47.9 Å². The Labute approximate surface area is 138 Å². The maximum Gasteiger partial charge on any atom is 0.226 e. The van der Waals surface area contributed by atoms with Crippen LogP contribution in [0, 0.1) is 0 Å². The van der Waals surface area contributed by atoms with Gasteiger partial charge in [-0.05, 0) is 25.0 Å². The van der Waals surface area contributed by atoms with E-state index in [9.17, 15) is 0 Å². The van der Waals surface area contributed by atoms with Gasteiger partial charge in [0.1, 0.15) is 5.82 Å². The topological polar surface area (TPSA) is 69.6 Å². The van der Waals surface area contributed by atoms with Crippen LogP contribution < -0.4 is 0 Å². The molecule has 23 heavy (non-hydrogen) atoms. The van der Waals surface area contributed by atoms with Crippen LogP contribution >= 0.6 is 11.8 Å². The summed E-state index contributed by atoms with van der Waals surface area (Å²) in [4.78, 5) is 4.72. The SMILES string of the molecule is CCc1nnc(CSc2nc(C3CC3)n(-c3ccccc3)n2)o1. The Hall–Kier alpha value is -2.15. The van der Waals surface area contributed by atoms with Crippen LogP contribution in [0.3, 0.4) is 0 Å². The number of hydrogen-bond donors (Lipinski definition) is 0. The summed E-state index contributed by atoms with van der Waals surface area (Å²) >= 11 is 1.53. The maximum absolute atomic E-state index is 5.53. The number of aromatic nitrogens is 5. The Kier molecular flexibility index (Phi) is 3.87. The summed E-state index contributed by atoms with van der Waals surface area (Å²) in [6.07, 6.45) is 3.14. The van der Waals surface area contributed by atoms with E-state index in [4.69, 9.17) is 9.40 Å². The second-order valence-corrected chi connectivity index (χ2v) is 6.45. The van der Waals surface area contributed by atoms with E-state index in [1.807, 2.05) is 29.8 Å². The molecular formula is C16H17N5OS. The van der Waals surface area contributed by atoms with Gasteiger partial charge in [-0.25, -0.2) is 9.67 Å². The van der Waals surface area contributed by atoms with Crippen molar-refractivity contribution in [1.29, 1.82) is 0 Å². The van der Waals surface area contributed by atoms with Gasteiger partial charge in [-0.2, -0.15) is 0 Å². The minimum Gasteiger partial charge on any atom is -0.424 e. The molecule has 2 aromatic heterocycles. The molecule has 1 aliphatic carbocycles. The van der Waals surface area contributed by atoms with Crippen LogP contribution in [0.2, 0.25) is 0 Å². The number of hydrogen-bond acceptors (Lipinski definition) is 6. The smallest absolute Gasteiger partial charge is 0.226 e. The van der Waals surface area contributed by atoms with Crippen LogP contribution in [0.1, 0.15) is 43.3 Å². The lowest BCUT2D eigenvalue weighted by atomic mass is 10.3. The summed E-state index contributed by atoms with van der Waals surface area (Å²) in [5.41, 5.74) is 1.06. The summed E-state index contributed by atoms with van der Waals surface area (Å²) in [6, 6.07) is 10.2. The summed E-state index contributed by atoms with van der Waals surface area (Å²) in [6.45, 7) is 2.00. The number of para-hydroxylation sites is 1. The molecule has 2 heterocycles. The van der Waals surface area contributed by atoms with Crippen molar-refractivity contribution >= 4 is 11.8 Å². The lowest BCUT2D eigenvalue weighted by Gasteiger charge is -2.03. The second kappa shape index (κ2) is 6.16. The van der Waals surface area contributed by atoms with Crippen molar-refractivity contribution in [3.8, 4) is 5.69 Å². The molecule has 0 bridgehead atoms. The number of benzene rings is 1. The van der Waals surface area contributed by atoms with Gasteiger partial charge in [-0.3, -0.25) is 0 Å². The minimum atomic E-state index is 0.534. The Balaban J connectivity index is 1.55. The largest absolute Gasteiger partial charge is 0.424 e. The Morgan fingerprint density at radius 3 is 2.65 bits per heavy atom. The molecule has 0 N–H and O–H groups in total. The number of rotatable bonds is 6. The molecular weight excluding hydrogens is 310 g/mol. The van der Waals surface area contributed by atoms with E-state index in [2.05, 4.69) is 27.4 Å². The summed E-state index contributed by atoms with van der Waals surface area (Å²) in [5.74, 6) is 3.47. The quantitative estimate of drug-likeness (QED) is 0.646. The van der Waals surface area contributed by atoms with Crippen LogP contribution in [-0.4, -0.2) is 25.0 Å². The molecule has 0 radical (unpaired) electrons. The molecule has 4 rings (SSSR count). The van der Waals surface area contributed by atoms with Crippen LogP contribution in [0.5, 0.6) is 0 Å². The zero-order valence-corrected chi connectivity index (χ0v) is 13.7. The van der Waals surface area contributed by atoms with Gasteiger partial charge in [0, 0.05) is 12.3 Å². The molecule has 1 saturated carbocycles. The van der Waals surface area contributed by atoms with E-state index in [0.29, 0.717) is 23.5 Å². The molecule has 0 atom stereocenters. The van der Waals surface area contributed by atoms with Crippen LogP contribution in [-0.2, 0) is 12.2 Å². The molecule has 0 saturated heterocycles. The molecule has 0 unspecified atom stereocenters. The van der Waals surface area contributed by atoms with Crippen molar-refractivity contribution in [1.82, 2.24) is 25.0 Å². The van der Waals surface area contributed by atoms with Crippen LogP contribution in [0.25, 0.3) is 5.69 Å². The van der Waals surface area contributed by atoms with Crippen molar-refractivity contribution < 1.29 is 4.42 Å². The second-order valence-electron chi connectivity index (χ2n) is 5.51. The lowest BCUT2D eigenvalue weighted by molar-refractivity contribution is 0.470. The molecule has 3 aromatic rings. The molecule has 0 amide bonds. The molecule has 1 fully saturated rings. The van der Waals surface area contributed by atoms with Gasteiger partial charge in [0.2, 0.25) is 16.9 Å². The zero-order chi connectivity index (χ0) is 15.6. The van der Waals surface area contributed by atoms with Gasteiger partial charge < -0.3 is 4.42 Å². The van der Waals surface area contributed by atoms with Crippen molar-refractivity contribution in [2.24, 2.45) is 0 Å². The van der Waals surface area contributed by atoms with Crippen molar-refractivity contribution in [2.45, 2.75) is 43.0 Å². The first-order valence-electron chi connectivity index (χ1n) is 7.80. The van der Waals surface area contributed by atoms with E-state index >= 15 is 0 Å². The average Bonchev–Trinajstić information content (AvgIpc) is 3.19. The normalized spacial score (nSPS) is 14.3. The molecule has 1 aromatic carbocycles. The Morgan fingerprint density at radius 1 is 1.17 bits per heavy atom. The first kappa shape index (κ1) is 14.4. The third kappa shape index (κ3) is 3.14. The highest BCUT2D eigenvalue weighted by atomic mass is 32.2. The summed E-state index contributed by atoms with van der Waals surface area (Å²) in [5, 5.41) is 13.4. The predicted octanol–water partition coefficient (Wildman–Crippen LogP) is 3.38. The fraction of sp³-hybridized carbons (Fsp3) is 0.375. The fourth-order valence-electron chi connectivity index (χ4n) is 2.35. The number of thioether (sulfide) groups is 1. The van der Waals surface area contributed by atoms with Crippen molar-refractivity contribution in [2.75, 3.05) is 0 Å². The van der Waals surface area contributed by atoms with Gasteiger partial charge in [0.05, 0.1) is 11.4 Å². The molecule has 118 valence electrons. The molecule has 6 nitrogen and oxygen atoms in total. The van der Waals surface area contributed by atoms with Crippen LogP contribution in [0.15, 0.2) is 39.9 Å². The third-order valence-corrected chi connectivity index (χ3v) is 4.51. The first-order valence-corrected chi connectivity index (χ1v) is 8.78. The van der Waals surface area contributed by atoms with Crippen molar-refractivity contribution in [3.63, 3.8) is 0 Å². The number of aryl methyl sites for hydroxylation is 1. The van der Waals surface area contributed by atoms with Gasteiger partial charge in [-0.15, -0.1) is 15.3 Å². The van der Waals surface area contributed by atoms with E-state index in [1.54, 1.807) is 0 Å². The van der Waals surface area contributed by atoms with E-state index < -0.39 is 0 Å². The van der Waals surface area contributed by atoms with E-state index in [1.165, 1.54) is 24.6 Å². The lowest BCUT2D eigenvalue weighted by Crippen LogP contribution is -2.01. The monoisotopic (exact) mass is 327 g/mol. The highest BCUT2D eigenvalue weighted by Gasteiger charge is 2.30. The standard InChI is InChI=1S/C16H17N5OS/c1-2-13-18-19-14(22-13)10-23-16-17-15(11-8-9-11)21(20-16)12-6-4-3-5-7-12/h3-7,11H,2,8-10H2,1H3.